The van der Waals surface area contributed by atoms with Crippen LogP contribution in [0, 0.1) is 16.7 Å². The van der Waals surface area contributed by atoms with Gasteiger partial charge in [0.05, 0.1) is 18.1 Å². The third kappa shape index (κ3) is 3.99. The fourth-order valence-corrected chi connectivity index (χ4v) is 2.17. The van der Waals surface area contributed by atoms with Crippen LogP contribution in [0.4, 0.5) is 0 Å². The zero-order valence-corrected chi connectivity index (χ0v) is 12.2. The lowest BCUT2D eigenvalue weighted by Crippen LogP contribution is -2.08. The van der Waals surface area contributed by atoms with Crippen LogP contribution in [0.2, 0.25) is 0 Å². The lowest BCUT2D eigenvalue weighted by molar-refractivity contribution is 0.295. The maximum absolute atomic E-state index is 8.95. The number of benzene rings is 2. The molecule has 0 saturated carbocycles. The summed E-state index contributed by atoms with van der Waals surface area (Å²) >= 11 is 0. The Kier molecular flexibility index (Phi) is 4.63. The smallest absolute Gasteiger partial charge is 0.119 e. The van der Waals surface area contributed by atoms with Crippen LogP contribution in [-0.4, -0.2) is 6.61 Å². The third-order valence-corrected chi connectivity index (χ3v) is 3.49. The first-order valence-electron chi connectivity index (χ1n) is 7.14. The normalized spacial score (nSPS) is 11.2. The van der Waals surface area contributed by atoms with Gasteiger partial charge in [-0.25, -0.2) is 0 Å². The topological polar surface area (TPSA) is 33.0 Å². The molecule has 20 heavy (non-hydrogen) atoms. The Morgan fingerprint density at radius 1 is 1.05 bits per heavy atom. The Balaban J connectivity index is 1.80. The average Bonchev–Trinajstić information content (AvgIpc) is 2.46. The number of hydrogen-bond acceptors (Lipinski definition) is 2. The summed E-state index contributed by atoms with van der Waals surface area (Å²) < 4.78 is 5.78. The fourth-order valence-electron chi connectivity index (χ4n) is 2.17. The van der Waals surface area contributed by atoms with Gasteiger partial charge in [0.2, 0.25) is 0 Å². The van der Waals surface area contributed by atoms with Crippen LogP contribution in [0.3, 0.4) is 0 Å². The maximum atomic E-state index is 8.95. The number of unbranched alkanes of at least 4 members (excludes halogenated alkanes) is 1. The monoisotopic (exact) mass is 267 g/mol. The predicted octanol–water partition coefficient (Wildman–Crippen LogP) is 4.94. The highest BCUT2D eigenvalue weighted by Gasteiger charge is 2.15. The van der Waals surface area contributed by atoms with Crippen molar-refractivity contribution in [2.45, 2.75) is 33.1 Å². The number of ether oxygens (including phenoxy) is 1. The van der Waals surface area contributed by atoms with Crippen LogP contribution >= 0.6 is 0 Å². The van der Waals surface area contributed by atoms with Gasteiger partial charge in [0.15, 0.2) is 0 Å². The molecule has 0 spiro atoms. The minimum absolute atomic E-state index is 0.219. The van der Waals surface area contributed by atoms with Gasteiger partial charge in [0, 0.05) is 0 Å². The SMILES string of the molecule is CC(C)(C#N)CCCCOc1ccc2ccccc2c1. The van der Waals surface area contributed by atoms with E-state index in [-0.39, 0.29) is 5.41 Å². The number of rotatable bonds is 6. The van der Waals surface area contributed by atoms with Gasteiger partial charge < -0.3 is 4.74 Å². The van der Waals surface area contributed by atoms with Crippen molar-refractivity contribution in [3.63, 3.8) is 0 Å². The molecule has 0 atom stereocenters. The molecule has 0 aliphatic carbocycles. The van der Waals surface area contributed by atoms with Gasteiger partial charge in [-0.1, -0.05) is 30.3 Å². The summed E-state index contributed by atoms with van der Waals surface area (Å²) in [5.74, 6) is 0.920. The molecule has 2 heteroatoms. The molecular formula is C18H21NO. The van der Waals surface area contributed by atoms with Crippen LogP contribution in [-0.2, 0) is 0 Å². The van der Waals surface area contributed by atoms with Crippen molar-refractivity contribution in [3.05, 3.63) is 42.5 Å². The maximum Gasteiger partial charge on any atom is 0.119 e. The molecule has 0 aliphatic heterocycles. The second-order valence-corrected chi connectivity index (χ2v) is 5.81. The van der Waals surface area contributed by atoms with E-state index in [0.29, 0.717) is 6.61 Å². The molecule has 0 aliphatic rings. The van der Waals surface area contributed by atoms with Gasteiger partial charge in [-0.15, -0.1) is 0 Å². The van der Waals surface area contributed by atoms with Crippen molar-refractivity contribution in [2.75, 3.05) is 6.61 Å². The lowest BCUT2D eigenvalue weighted by atomic mass is 9.89. The summed E-state index contributed by atoms with van der Waals surface area (Å²) in [6.07, 6.45) is 2.93. The van der Waals surface area contributed by atoms with E-state index in [1.807, 2.05) is 32.0 Å². The van der Waals surface area contributed by atoms with Crippen LogP contribution in [0.5, 0.6) is 5.75 Å². The highest BCUT2D eigenvalue weighted by atomic mass is 16.5. The summed E-state index contributed by atoms with van der Waals surface area (Å²) in [6.45, 7) is 4.67. The van der Waals surface area contributed by atoms with Crippen molar-refractivity contribution >= 4 is 10.8 Å². The van der Waals surface area contributed by atoms with E-state index in [1.165, 1.54) is 10.8 Å². The third-order valence-electron chi connectivity index (χ3n) is 3.49. The molecule has 0 fully saturated rings. The van der Waals surface area contributed by atoms with Crippen LogP contribution in [0.1, 0.15) is 33.1 Å². The summed E-state index contributed by atoms with van der Waals surface area (Å²) in [5, 5.41) is 11.4. The minimum Gasteiger partial charge on any atom is -0.494 e. The van der Waals surface area contributed by atoms with E-state index in [2.05, 4.69) is 30.3 Å². The van der Waals surface area contributed by atoms with Gasteiger partial charge in [-0.3, -0.25) is 0 Å². The molecular weight excluding hydrogens is 246 g/mol. The average molecular weight is 267 g/mol. The first kappa shape index (κ1) is 14.4. The molecule has 2 aromatic carbocycles. The molecule has 0 radical (unpaired) electrons. The minimum atomic E-state index is -0.219. The van der Waals surface area contributed by atoms with E-state index in [4.69, 9.17) is 10.00 Å². The molecule has 0 amide bonds. The fraction of sp³-hybridized carbons (Fsp3) is 0.389. The molecule has 0 unspecified atom stereocenters. The van der Waals surface area contributed by atoms with E-state index in [0.717, 1.165) is 25.0 Å². The predicted molar refractivity (Wildman–Crippen MR) is 82.7 cm³/mol. The summed E-state index contributed by atoms with van der Waals surface area (Å²) in [6, 6.07) is 16.8. The van der Waals surface area contributed by atoms with E-state index < -0.39 is 0 Å². The summed E-state index contributed by atoms with van der Waals surface area (Å²) in [5.41, 5.74) is -0.219. The van der Waals surface area contributed by atoms with E-state index in [1.54, 1.807) is 0 Å². The Morgan fingerprint density at radius 3 is 2.55 bits per heavy atom. The largest absolute Gasteiger partial charge is 0.494 e. The van der Waals surface area contributed by atoms with Crippen molar-refractivity contribution in [1.29, 1.82) is 5.26 Å². The molecule has 0 aromatic heterocycles. The van der Waals surface area contributed by atoms with Crippen molar-refractivity contribution in [3.8, 4) is 11.8 Å². The van der Waals surface area contributed by atoms with Gasteiger partial charge in [0.25, 0.3) is 0 Å². The number of nitrogens with zero attached hydrogens (tertiary/aromatic N) is 1. The second-order valence-electron chi connectivity index (χ2n) is 5.81. The molecule has 0 N–H and O–H groups in total. The first-order chi connectivity index (χ1) is 9.61. The van der Waals surface area contributed by atoms with E-state index >= 15 is 0 Å². The molecule has 0 saturated heterocycles. The Hall–Kier alpha value is -2.01. The van der Waals surface area contributed by atoms with Gasteiger partial charge in [0.1, 0.15) is 5.75 Å². The molecule has 0 heterocycles. The Labute approximate surface area is 121 Å². The molecule has 0 bridgehead atoms. The van der Waals surface area contributed by atoms with E-state index in [9.17, 15) is 0 Å². The number of nitriles is 1. The lowest BCUT2D eigenvalue weighted by Gasteiger charge is -2.14. The standard InChI is InChI=1S/C18H21NO/c1-18(2,14-19)11-5-6-12-20-17-10-9-15-7-3-4-8-16(15)13-17/h3-4,7-10,13H,5-6,11-12H2,1-2H3. The summed E-state index contributed by atoms with van der Waals surface area (Å²) in [7, 11) is 0. The highest BCUT2D eigenvalue weighted by molar-refractivity contribution is 5.83. The van der Waals surface area contributed by atoms with Crippen LogP contribution in [0.25, 0.3) is 10.8 Å². The Morgan fingerprint density at radius 2 is 1.80 bits per heavy atom. The van der Waals surface area contributed by atoms with Crippen molar-refractivity contribution in [1.82, 2.24) is 0 Å². The zero-order valence-electron chi connectivity index (χ0n) is 12.2. The molecule has 2 aromatic rings. The zero-order chi connectivity index (χ0) is 14.4. The Bertz CT molecular complexity index is 610. The van der Waals surface area contributed by atoms with Gasteiger partial charge >= 0.3 is 0 Å². The number of hydrogen-bond donors (Lipinski definition) is 0. The van der Waals surface area contributed by atoms with Crippen molar-refractivity contribution in [2.24, 2.45) is 5.41 Å². The second kappa shape index (κ2) is 6.43. The van der Waals surface area contributed by atoms with Crippen LogP contribution < -0.4 is 4.74 Å². The van der Waals surface area contributed by atoms with Crippen molar-refractivity contribution < 1.29 is 4.74 Å². The summed E-state index contributed by atoms with van der Waals surface area (Å²) in [4.78, 5) is 0. The quantitative estimate of drug-likeness (QED) is 0.694. The van der Waals surface area contributed by atoms with Crippen LogP contribution in [0.15, 0.2) is 42.5 Å². The molecule has 2 rings (SSSR count). The molecule has 104 valence electrons. The van der Waals surface area contributed by atoms with Gasteiger partial charge in [-0.05, 0) is 56.0 Å². The first-order valence-corrected chi connectivity index (χ1v) is 7.14. The molecule has 2 nitrogen and oxygen atoms in total. The van der Waals surface area contributed by atoms with Gasteiger partial charge in [-0.2, -0.15) is 5.26 Å². The highest BCUT2D eigenvalue weighted by Crippen LogP contribution is 2.23. The number of fused-ring (bicyclic) bond motifs is 1.